The van der Waals surface area contributed by atoms with Gasteiger partial charge in [0.15, 0.2) is 0 Å². The van der Waals surface area contributed by atoms with Gasteiger partial charge in [-0.3, -0.25) is 14.8 Å². The maximum Gasteiger partial charge on any atom is 0.256 e. The number of carbonyl (C=O) groups is 1. The number of aromatic nitrogens is 2. The van der Waals surface area contributed by atoms with Crippen LogP contribution in [0.5, 0.6) is 0 Å². The topological polar surface area (TPSA) is 46.1 Å². The molecule has 1 amide bonds. The van der Waals surface area contributed by atoms with Crippen LogP contribution in [-0.2, 0) is 0 Å². The number of likely N-dealkylation sites (tertiary alicyclic amines) is 1. The summed E-state index contributed by atoms with van der Waals surface area (Å²) in [6.45, 7) is 1.54. The van der Waals surface area contributed by atoms with Gasteiger partial charge >= 0.3 is 0 Å². The highest BCUT2D eigenvalue weighted by molar-refractivity contribution is 6.18. The molecule has 1 aliphatic heterocycles. The van der Waals surface area contributed by atoms with E-state index in [1.54, 1.807) is 12.4 Å². The van der Waals surface area contributed by atoms with Crippen molar-refractivity contribution in [1.82, 2.24) is 14.9 Å². The zero-order chi connectivity index (χ0) is 13.9. The predicted molar refractivity (Wildman–Crippen MR) is 78.9 cm³/mol. The molecule has 0 spiro atoms. The Hall–Kier alpha value is -1.68. The third-order valence-electron chi connectivity index (χ3n) is 3.85. The molecule has 104 valence electrons. The maximum atomic E-state index is 12.6. The summed E-state index contributed by atoms with van der Waals surface area (Å²) in [4.78, 5) is 23.1. The van der Waals surface area contributed by atoms with E-state index in [2.05, 4.69) is 9.97 Å². The first-order chi connectivity index (χ1) is 9.79. The van der Waals surface area contributed by atoms with Gasteiger partial charge in [-0.25, -0.2) is 0 Å². The third kappa shape index (κ3) is 2.48. The Kier molecular flexibility index (Phi) is 3.83. The van der Waals surface area contributed by atoms with Crippen LogP contribution in [0.4, 0.5) is 0 Å². The minimum Gasteiger partial charge on any atom is -0.339 e. The van der Waals surface area contributed by atoms with Crippen LogP contribution in [0.1, 0.15) is 23.2 Å². The number of hydrogen-bond donors (Lipinski definition) is 0. The number of carbonyl (C=O) groups excluding carboxylic acids is 1. The largest absolute Gasteiger partial charge is 0.339 e. The second-order valence-corrected chi connectivity index (χ2v) is 5.43. The SMILES string of the molecule is O=C(c1cccc2nccnc12)N1CCC(CCl)CC1. The van der Waals surface area contributed by atoms with Crippen molar-refractivity contribution in [3.63, 3.8) is 0 Å². The summed E-state index contributed by atoms with van der Waals surface area (Å²) in [7, 11) is 0. The van der Waals surface area contributed by atoms with Crippen molar-refractivity contribution in [3.8, 4) is 0 Å². The predicted octanol–water partition coefficient (Wildman–Crippen LogP) is 2.72. The minimum absolute atomic E-state index is 0.0455. The summed E-state index contributed by atoms with van der Waals surface area (Å²) in [5.74, 6) is 1.26. The number of halogens is 1. The summed E-state index contributed by atoms with van der Waals surface area (Å²) >= 11 is 5.88. The molecule has 0 N–H and O–H groups in total. The lowest BCUT2D eigenvalue weighted by molar-refractivity contribution is 0.0700. The van der Waals surface area contributed by atoms with E-state index in [1.165, 1.54) is 0 Å². The van der Waals surface area contributed by atoms with Crippen molar-refractivity contribution >= 4 is 28.5 Å². The lowest BCUT2D eigenvalue weighted by Gasteiger charge is -2.31. The lowest BCUT2D eigenvalue weighted by Crippen LogP contribution is -2.39. The normalized spacial score (nSPS) is 16.6. The molecule has 3 rings (SSSR count). The van der Waals surface area contributed by atoms with Crippen molar-refractivity contribution in [3.05, 3.63) is 36.2 Å². The highest BCUT2D eigenvalue weighted by Crippen LogP contribution is 2.22. The van der Waals surface area contributed by atoms with Gasteiger partial charge in [0.05, 0.1) is 11.1 Å². The first kappa shape index (κ1) is 13.3. The molecule has 0 bridgehead atoms. The minimum atomic E-state index is 0.0455. The number of alkyl halides is 1. The molecule has 2 aromatic rings. The Morgan fingerprint density at radius 3 is 2.75 bits per heavy atom. The van der Waals surface area contributed by atoms with Crippen LogP contribution in [0, 0.1) is 5.92 Å². The van der Waals surface area contributed by atoms with Crippen LogP contribution in [0.25, 0.3) is 11.0 Å². The van der Waals surface area contributed by atoms with E-state index in [1.807, 2.05) is 23.1 Å². The standard InChI is InChI=1S/C15H16ClN3O/c16-10-11-4-8-19(9-5-11)15(20)12-2-1-3-13-14(12)18-7-6-17-13/h1-3,6-7,11H,4-5,8-10H2. The number of hydrogen-bond acceptors (Lipinski definition) is 3. The van der Waals surface area contributed by atoms with E-state index in [-0.39, 0.29) is 5.91 Å². The van der Waals surface area contributed by atoms with Gasteiger partial charge in [0.2, 0.25) is 0 Å². The molecule has 0 atom stereocenters. The van der Waals surface area contributed by atoms with Crippen LogP contribution in [-0.4, -0.2) is 39.7 Å². The molecule has 0 aliphatic carbocycles. The number of para-hydroxylation sites is 1. The second kappa shape index (κ2) is 5.75. The van der Waals surface area contributed by atoms with Crippen LogP contribution in [0.15, 0.2) is 30.6 Å². The maximum absolute atomic E-state index is 12.6. The molecule has 2 heterocycles. The average Bonchev–Trinajstić information content (AvgIpc) is 2.54. The molecular weight excluding hydrogens is 274 g/mol. The monoisotopic (exact) mass is 289 g/mol. The molecule has 0 saturated carbocycles. The molecule has 1 fully saturated rings. The van der Waals surface area contributed by atoms with Crippen LogP contribution < -0.4 is 0 Å². The molecule has 0 radical (unpaired) electrons. The van der Waals surface area contributed by atoms with Gasteiger partial charge in [-0.1, -0.05) is 6.07 Å². The van der Waals surface area contributed by atoms with E-state index in [0.717, 1.165) is 31.4 Å². The van der Waals surface area contributed by atoms with E-state index in [4.69, 9.17) is 11.6 Å². The average molecular weight is 290 g/mol. The Labute approximate surface area is 122 Å². The van der Waals surface area contributed by atoms with Gasteiger partial charge < -0.3 is 4.90 Å². The van der Waals surface area contributed by atoms with Gasteiger partial charge in [-0.15, -0.1) is 11.6 Å². The highest BCUT2D eigenvalue weighted by Gasteiger charge is 2.24. The molecule has 0 unspecified atom stereocenters. The summed E-state index contributed by atoms with van der Waals surface area (Å²) in [6.07, 6.45) is 5.22. The van der Waals surface area contributed by atoms with Gasteiger partial charge in [0.25, 0.3) is 5.91 Å². The van der Waals surface area contributed by atoms with E-state index < -0.39 is 0 Å². The molecule has 1 saturated heterocycles. The van der Waals surface area contributed by atoms with E-state index in [0.29, 0.717) is 22.9 Å². The summed E-state index contributed by atoms with van der Waals surface area (Å²) in [6, 6.07) is 5.56. The molecule has 20 heavy (non-hydrogen) atoms. The smallest absolute Gasteiger partial charge is 0.256 e. The molecular formula is C15H16ClN3O. The van der Waals surface area contributed by atoms with Crippen molar-refractivity contribution < 1.29 is 4.79 Å². The van der Waals surface area contributed by atoms with Crippen molar-refractivity contribution in [1.29, 1.82) is 0 Å². The highest BCUT2D eigenvalue weighted by atomic mass is 35.5. The van der Waals surface area contributed by atoms with Crippen LogP contribution >= 0.6 is 11.6 Å². The summed E-state index contributed by atoms with van der Waals surface area (Å²) in [5.41, 5.74) is 2.08. The fourth-order valence-corrected chi connectivity index (χ4v) is 2.93. The Morgan fingerprint density at radius 2 is 2.00 bits per heavy atom. The van der Waals surface area contributed by atoms with Gasteiger partial charge in [-0.05, 0) is 30.9 Å². The zero-order valence-corrected chi connectivity index (χ0v) is 11.9. The van der Waals surface area contributed by atoms with Crippen molar-refractivity contribution in [2.24, 2.45) is 5.92 Å². The van der Waals surface area contributed by atoms with E-state index in [9.17, 15) is 4.79 Å². The van der Waals surface area contributed by atoms with Gasteiger partial charge in [0, 0.05) is 31.4 Å². The molecule has 4 nitrogen and oxygen atoms in total. The van der Waals surface area contributed by atoms with Gasteiger partial charge in [-0.2, -0.15) is 0 Å². The van der Waals surface area contributed by atoms with Crippen LogP contribution in [0.2, 0.25) is 0 Å². The number of fused-ring (bicyclic) bond motifs is 1. The Morgan fingerprint density at radius 1 is 1.25 bits per heavy atom. The number of nitrogens with zero attached hydrogens (tertiary/aromatic N) is 3. The molecule has 1 aromatic carbocycles. The van der Waals surface area contributed by atoms with E-state index >= 15 is 0 Å². The number of amides is 1. The molecule has 1 aliphatic rings. The second-order valence-electron chi connectivity index (χ2n) is 5.12. The number of piperidine rings is 1. The Balaban J connectivity index is 1.86. The lowest BCUT2D eigenvalue weighted by atomic mass is 9.98. The quantitative estimate of drug-likeness (QED) is 0.799. The number of benzene rings is 1. The Bertz CT molecular complexity index is 618. The van der Waals surface area contributed by atoms with Gasteiger partial charge in [0.1, 0.15) is 5.52 Å². The first-order valence-electron chi connectivity index (χ1n) is 6.84. The first-order valence-corrected chi connectivity index (χ1v) is 7.38. The molecule has 5 heteroatoms. The number of rotatable bonds is 2. The fourth-order valence-electron chi connectivity index (χ4n) is 2.63. The van der Waals surface area contributed by atoms with Crippen molar-refractivity contribution in [2.75, 3.05) is 19.0 Å². The zero-order valence-electron chi connectivity index (χ0n) is 11.1. The third-order valence-corrected chi connectivity index (χ3v) is 4.29. The summed E-state index contributed by atoms with van der Waals surface area (Å²) in [5, 5.41) is 0. The summed E-state index contributed by atoms with van der Waals surface area (Å²) < 4.78 is 0. The fraction of sp³-hybridized carbons (Fsp3) is 0.400. The van der Waals surface area contributed by atoms with Crippen molar-refractivity contribution in [2.45, 2.75) is 12.8 Å². The van der Waals surface area contributed by atoms with Crippen LogP contribution in [0.3, 0.4) is 0 Å². The molecule has 1 aromatic heterocycles.